The minimum atomic E-state index is 0. The van der Waals surface area contributed by atoms with Crippen LogP contribution in [0.2, 0.25) is 0 Å². The van der Waals surface area contributed by atoms with Gasteiger partial charge >= 0.3 is 0 Å². The molecule has 0 aromatic heterocycles. The maximum atomic E-state index is 12.3. The van der Waals surface area contributed by atoms with E-state index in [-0.39, 0.29) is 20.4 Å². The van der Waals surface area contributed by atoms with Crippen LogP contribution in [0.15, 0.2) is 47.5 Å². The van der Waals surface area contributed by atoms with Crippen LogP contribution in [0.4, 0.5) is 0 Å². The quantitative estimate of drug-likeness (QED) is 0.0663. The second-order valence-corrected chi connectivity index (χ2v) is 13.3. The average Bonchev–Trinajstić information content (AvgIpc) is 3.31. The Hall–Kier alpha value is -1.82. The molecular formula is C42H64N2Pd. The maximum Gasteiger partial charge on any atom is 0.211 e. The van der Waals surface area contributed by atoms with Gasteiger partial charge in [0, 0.05) is 42.7 Å². The molecule has 0 atom stereocenters. The Morgan fingerprint density at radius 1 is 0.422 bits per heavy atom. The summed E-state index contributed by atoms with van der Waals surface area (Å²) in [7, 11) is 0. The van der Waals surface area contributed by atoms with E-state index in [0.717, 1.165) is 62.8 Å². The zero-order valence-corrected chi connectivity index (χ0v) is 31.4. The number of rotatable bonds is 22. The average molecular weight is 703 g/mol. The molecule has 0 amide bonds. The number of hydrogen-bond acceptors (Lipinski definition) is 0. The topological polar surface area (TPSA) is 25.3 Å². The molecule has 0 N–H and O–H groups in total. The summed E-state index contributed by atoms with van der Waals surface area (Å²) in [6.07, 6.45) is 23.7. The summed E-state index contributed by atoms with van der Waals surface area (Å²) in [5.41, 5.74) is 25.2. The molecule has 0 bridgehead atoms. The van der Waals surface area contributed by atoms with Crippen molar-refractivity contribution in [2.75, 3.05) is 0 Å². The minimum absolute atomic E-state index is 0. The third kappa shape index (κ3) is 11.7. The van der Waals surface area contributed by atoms with Crippen molar-refractivity contribution in [2.45, 2.75) is 170 Å². The zero-order chi connectivity index (χ0) is 31.7. The third-order valence-corrected chi connectivity index (χ3v) is 9.42. The van der Waals surface area contributed by atoms with Crippen molar-refractivity contribution in [3.8, 4) is 0 Å². The van der Waals surface area contributed by atoms with Crippen LogP contribution in [0.25, 0.3) is 16.9 Å². The SMILES string of the molecule is CCCCCc1cc(CCCCC)cc(C2=C(CC)C(CCCC)=C(c3cc(CCCCC)cc(CCCCC)c3)[N+]2=[N-])c1.[Pd]. The second-order valence-electron chi connectivity index (χ2n) is 13.3. The Kier molecular flexibility index (Phi) is 19.1. The fourth-order valence-electron chi connectivity index (χ4n) is 6.94. The fourth-order valence-corrected chi connectivity index (χ4v) is 6.94. The van der Waals surface area contributed by atoms with E-state index in [0.29, 0.717) is 0 Å². The Labute approximate surface area is 291 Å². The Morgan fingerprint density at radius 3 is 1.07 bits per heavy atom. The van der Waals surface area contributed by atoms with E-state index in [1.54, 1.807) is 4.70 Å². The number of allylic oxidation sites excluding steroid dienone is 2. The Balaban J connectivity index is 0.00000705. The van der Waals surface area contributed by atoms with E-state index in [2.05, 4.69) is 77.9 Å². The van der Waals surface area contributed by atoms with Gasteiger partial charge in [-0.25, -0.2) is 4.70 Å². The molecule has 252 valence electrons. The molecule has 3 rings (SSSR count). The van der Waals surface area contributed by atoms with Crippen LogP contribution in [-0.2, 0) is 46.1 Å². The van der Waals surface area contributed by atoms with E-state index in [9.17, 15) is 5.53 Å². The number of aryl methyl sites for hydroxylation is 4. The van der Waals surface area contributed by atoms with Crippen molar-refractivity contribution in [1.29, 1.82) is 0 Å². The van der Waals surface area contributed by atoms with Crippen molar-refractivity contribution in [2.24, 2.45) is 0 Å². The summed E-state index contributed by atoms with van der Waals surface area (Å²) in [5, 5.41) is 0. The van der Waals surface area contributed by atoms with E-state index in [1.807, 2.05) is 0 Å². The molecule has 0 saturated carbocycles. The fraction of sp³-hybridized carbons (Fsp3) is 0.619. The van der Waals surface area contributed by atoms with Gasteiger partial charge in [-0.15, -0.1) is 0 Å². The van der Waals surface area contributed by atoms with Gasteiger partial charge in [0.05, 0.1) is 0 Å². The molecule has 0 aliphatic carbocycles. The van der Waals surface area contributed by atoms with Gasteiger partial charge in [0.15, 0.2) is 0 Å². The minimum Gasteiger partial charge on any atom is -0.493 e. The van der Waals surface area contributed by atoms with E-state index in [4.69, 9.17) is 0 Å². The monoisotopic (exact) mass is 702 g/mol. The molecule has 0 saturated heterocycles. The summed E-state index contributed by atoms with van der Waals surface area (Å²) >= 11 is 0. The Bertz CT molecular complexity index is 1190. The summed E-state index contributed by atoms with van der Waals surface area (Å²) in [6.45, 7) is 13.7. The predicted molar refractivity (Wildman–Crippen MR) is 193 cm³/mol. The summed E-state index contributed by atoms with van der Waals surface area (Å²) < 4.78 is 1.62. The summed E-state index contributed by atoms with van der Waals surface area (Å²) in [5.74, 6) is 0. The summed E-state index contributed by atoms with van der Waals surface area (Å²) in [4.78, 5) is 0. The maximum absolute atomic E-state index is 12.3. The smallest absolute Gasteiger partial charge is 0.211 e. The van der Waals surface area contributed by atoms with Crippen LogP contribution in [0.1, 0.15) is 178 Å². The molecule has 1 aliphatic heterocycles. The first-order chi connectivity index (χ1) is 21.5. The number of benzene rings is 2. The summed E-state index contributed by atoms with van der Waals surface area (Å²) in [6, 6.07) is 14.5. The van der Waals surface area contributed by atoms with E-state index >= 15 is 0 Å². The van der Waals surface area contributed by atoms with Gasteiger partial charge in [0.25, 0.3) is 0 Å². The van der Waals surface area contributed by atoms with Gasteiger partial charge in [-0.05, 0) is 117 Å². The zero-order valence-electron chi connectivity index (χ0n) is 29.8. The van der Waals surface area contributed by atoms with Gasteiger partial charge in [0.2, 0.25) is 11.4 Å². The molecule has 2 aromatic rings. The van der Waals surface area contributed by atoms with Gasteiger partial charge in [-0.2, -0.15) is 0 Å². The van der Waals surface area contributed by atoms with E-state index in [1.165, 1.54) is 122 Å². The molecule has 2 aromatic carbocycles. The van der Waals surface area contributed by atoms with Gasteiger partial charge in [-0.3, -0.25) is 0 Å². The number of nitrogens with zero attached hydrogens (tertiary/aromatic N) is 2. The van der Waals surface area contributed by atoms with Crippen molar-refractivity contribution in [3.05, 3.63) is 86.5 Å². The standard InChI is InChI=1S/C42H64N2.Pd/c1-7-13-18-22-33-27-34(23-19-14-8-2)30-37(29-33)41-39(12-6)40(26-17-11-5)42(44(41)43)38-31-35(24-20-15-9-3)28-36(32-38)25-21-16-10-4;/h27-32H,7-26H2,1-6H3;. The molecule has 1 heterocycles. The van der Waals surface area contributed by atoms with Crippen LogP contribution < -0.4 is 0 Å². The molecule has 3 heteroatoms. The van der Waals surface area contributed by atoms with Crippen LogP contribution in [0.5, 0.6) is 0 Å². The van der Waals surface area contributed by atoms with Crippen molar-refractivity contribution in [3.63, 3.8) is 0 Å². The third-order valence-electron chi connectivity index (χ3n) is 9.42. The normalized spacial score (nSPS) is 13.2. The molecule has 45 heavy (non-hydrogen) atoms. The first-order valence-corrected chi connectivity index (χ1v) is 18.7. The van der Waals surface area contributed by atoms with Crippen LogP contribution in [0, 0.1) is 0 Å². The van der Waals surface area contributed by atoms with Crippen LogP contribution in [-0.4, -0.2) is 4.70 Å². The first-order valence-electron chi connectivity index (χ1n) is 18.7. The predicted octanol–water partition coefficient (Wildman–Crippen LogP) is 13.4. The molecule has 1 aliphatic rings. The van der Waals surface area contributed by atoms with E-state index < -0.39 is 0 Å². The van der Waals surface area contributed by atoms with Gasteiger partial charge in [-0.1, -0.05) is 111 Å². The van der Waals surface area contributed by atoms with Crippen LogP contribution in [0.3, 0.4) is 0 Å². The molecular weight excluding hydrogens is 639 g/mol. The molecule has 0 unspecified atom stereocenters. The van der Waals surface area contributed by atoms with Crippen molar-refractivity contribution < 1.29 is 25.1 Å². The number of hydrogen-bond donors (Lipinski definition) is 0. The van der Waals surface area contributed by atoms with Crippen LogP contribution >= 0.6 is 0 Å². The van der Waals surface area contributed by atoms with Crippen molar-refractivity contribution >= 4 is 11.4 Å². The second kappa shape index (κ2) is 21.9. The molecule has 0 radical (unpaired) electrons. The van der Waals surface area contributed by atoms with Gasteiger partial charge in [0.1, 0.15) is 0 Å². The van der Waals surface area contributed by atoms with Crippen molar-refractivity contribution in [1.82, 2.24) is 0 Å². The molecule has 0 spiro atoms. The molecule has 0 fully saturated rings. The van der Waals surface area contributed by atoms with Gasteiger partial charge < -0.3 is 5.53 Å². The largest absolute Gasteiger partial charge is 0.493 e. The number of unbranched alkanes of at least 4 members (excludes halogenated alkanes) is 9. The Morgan fingerprint density at radius 2 is 0.756 bits per heavy atom. The first kappa shape index (κ1) is 39.4. The molecule has 2 nitrogen and oxygen atoms in total.